The van der Waals surface area contributed by atoms with Crippen LogP contribution in [0, 0.1) is 5.41 Å². The number of carbonyl (C=O) groups is 2. The number of piperidine rings is 1. The molecule has 1 aromatic heterocycles. The molecule has 1 atom stereocenters. The molecule has 2 aliphatic heterocycles. The van der Waals surface area contributed by atoms with Crippen LogP contribution in [0.5, 0.6) is 0 Å². The summed E-state index contributed by atoms with van der Waals surface area (Å²) in [5.41, 5.74) is -0.860. The van der Waals surface area contributed by atoms with Crippen molar-refractivity contribution in [3.8, 4) is 0 Å². The summed E-state index contributed by atoms with van der Waals surface area (Å²) in [6.07, 6.45) is 2.72. The number of hydrogen-bond donors (Lipinski definition) is 1. The lowest BCUT2D eigenvalue weighted by Gasteiger charge is -2.42. The molecule has 1 aromatic rings. The fourth-order valence-electron chi connectivity index (χ4n) is 3.16. The van der Waals surface area contributed by atoms with Gasteiger partial charge in [0.2, 0.25) is 5.91 Å². The summed E-state index contributed by atoms with van der Waals surface area (Å²) in [6.45, 7) is -0.231. The van der Waals surface area contributed by atoms with Gasteiger partial charge < -0.3 is 10.2 Å². The van der Waals surface area contributed by atoms with E-state index in [9.17, 15) is 18.4 Å². The zero-order valence-corrected chi connectivity index (χ0v) is 11.3. The number of likely N-dealkylation sites (tertiary alicyclic amines) is 1. The molecule has 2 aliphatic rings. The van der Waals surface area contributed by atoms with Crippen LogP contribution >= 0.6 is 0 Å². The molecule has 2 saturated heterocycles. The quantitative estimate of drug-likeness (QED) is 0.843. The first-order chi connectivity index (χ1) is 9.92. The molecule has 3 heterocycles. The Bertz CT molecular complexity index is 579. The summed E-state index contributed by atoms with van der Waals surface area (Å²) in [4.78, 5) is 29.2. The number of nitrogens with one attached hydrogen (secondary N) is 1. The number of aromatic nitrogens is 1. The Balaban J connectivity index is 1.89. The Kier molecular flexibility index (Phi) is 3.15. The van der Waals surface area contributed by atoms with Crippen molar-refractivity contribution in [1.82, 2.24) is 15.2 Å². The maximum atomic E-state index is 14.0. The van der Waals surface area contributed by atoms with E-state index in [-0.39, 0.29) is 12.5 Å². The molecule has 1 spiro atoms. The highest BCUT2D eigenvalue weighted by Crippen LogP contribution is 2.43. The molecule has 0 unspecified atom stereocenters. The van der Waals surface area contributed by atoms with E-state index in [1.54, 1.807) is 0 Å². The Morgan fingerprint density at radius 1 is 1.29 bits per heavy atom. The minimum absolute atomic E-state index is 0.0373. The summed E-state index contributed by atoms with van der Waals surface area (Å²) < 4.78 is 28.0. The highest BCUT2D eigenvalue weighted by molar-refractivity contribution is 5.95. The second kappa shape index (κ2) is 4.75. The van der Waals surface area contributed by atoms with Crippen molar-refractivity contribution in [3.05, 3.63) is 30.1 Å². The van der Waals surface area contributed by atoms with E-state index in [1.807, 2.05) is 0 Å². The van der Waals surface area contributed by atoms with Gasteiger partial charge in [-0.1, -0.05) is 0 Å². The molecule has 0 aromatic carbocycles. The summed E-state index contributed by atoms with van der Waals surface area (Å²) in [5, 5.41) is 2.60. The average Bonchev–Trinajstić information content (AvgIpc) is 2.77. The lowest BCUT2D eigenvalue weighted by atomic mass is 9.77. The van der Waals surface area contributed by atoms with Crippen molar-refractivity contribution in [3.63, 3.8) is 0 Å². The molecule has 112 valence electrons. The highest BCUT2D eigenvalue weighted by atomic mass is 19.3. The van der Waals surface area contributed by atoms with E-state index < -0.39 is 30.2 Å². The molecule has 0 saturated carbocycles. The topological polar surface area (TPSA) is 62.3 Å². The van der Waals surface area contributed by atoms with Gasteiger partial charge in [0.15, 0.2) is 0 Å². The number of hydrogen-bond acceptors (Lipinski definition) is 3. The average molecular weight is 295 g/mol. The number of amides is 2. The van der Waals surface area contributed by atoms with Crippen LogP contribution in [0.3, 0.4) is 0 Å². The third kappa shape index (κ3) is 2.48. The molecule has 0 radical (unpaired) electrons. The van der Waals surface area contributed by atoms with Gasteiger partial charge >= 0.3 is 0 Å². The largest absolute Gasteiger partial charge is 0.356 e. The molecule has 0 aliphatic carbocycles. The summed E-state index contributed by atoms with van der Waals surface area (Å²) in [7, 11) is 0. The Labute approximate surface area is 120 Å². The van der Waals surface area contributed by atoms with E-state index in [4.69, 9.17) is 0 Å². The summed E-state index contributed by atoms with van der Waals surface area (Å²) in [5.74, 6) is -3.92. The van der Waals surface area contributed by atoms with Crippen molar-refractivity contribution in [1.29, 1.82) is 0 Å². The summed E-state index contributed by atoms with van der Waals surface area (Å²) >= 11 is 0. The van der Waals surface area contributed by atoms with Crippen LogP contribution in [-0.2, 0) is 4.79 Å². The molecule has 5 nitrogen and oxygen atoms in total. The van der Waals surface area contributed by atoms with Crippen LogP contribution < -0.4 is 5.32 Å². The van der Waals surface area contributed by atoms with Gasteiger partial charge in [-0.05, 0) is 18.6 Å². The zero-order valence-electron chi connectivity index (χ0n) is 11.3. The van der Waals surface area contributed by atoms with E-state index in [2.05, 4.69) is 10.3 Å². The Hall–Kier alpha value is -2.05. The number of rotatable bonds is 1. The predicted octanol–water partition coefficient (Wildman–Crippen LogP) is 1.07. The van der Waals surface area contributed by atoms with Gasteiger partial charge in [0.25, 0.3) is 11.8 Å². The molecule has 2 fully saturated rings. The summed E-state index contributed by atoms with van der Waals surface area (Å²) in [6, 6.07) is 2.97. The first-order valence-electron chi connectivity index (χ1n) is 6.77. The second-order valence-electron chi connectivity index (χ2n) is 5.72. The lowest BCUT2D eigenvalue weighted by molar-refractivity contribution is -0.144. The van der Waals surface area contributed by atoms with Crippen molar-refractivity contribution >= 4 is 11.8 Å². The van der Waals surface area contributed by atoms with Gasteiger partial charge in [-0.3, -0.25) is 14.6 Å². The van der Waals surface area contributed by atoms with E-state index in [0.29, 0.717) is 18.5 Å². The van der Waals surface area contributed by atoms with Crippen LogP contribution in [0.4, 0.5) is 8.78 Å². The highest BCUT2D eigenvalue weighted by Gasteiger charge is 2.55. The molecule has 3 rings (SSSR count). The molecular formula is C14H15F2N3O2. The van der Waals surface area contributed by atoms with E-state index >= 15 is 0 Å². The van der Waals surface area contributed by atoms with Gasteiger partial charge in [-0.2, -0.15) is 0 Å². The first kappa shape index (κ1) is 13.9. The van der Waals surface area contributed by atoms with Crippen LogP contribution in [0.1, 0.15) is 23.2 Å². The SMILES string of the molecule is O=C(c1ccncc1)N1CC(F)(F)C[C@]2(CCNC2=O)C1. The van der Waals surface area contributed by atoms with Crippen LogP contribution in [0.25, 0.3) is 0 Å². The van der Waals surface area contributed by atoms with Gasteiger partial charge in [-0.25, -0.2) is 8.78 Å². The Morgan fingerprint density at radius 2 is 2.00 bits per heavy atom. The van der Waals surface area contributed by atoms with Crippen molar-refractivity contribution < 1.29 is 18.4 Å². The van der Waals surface area contributed by atoms with Crippen LogP contribution in [0.15, 0.2) is 24.5 Å². The molecule has 2 amide bonds. The lowest BCUT2D eigenvalue weighted by Crippen LogP contribution is -2.56. The fourth-order valence-corrected chi connectivity index (χ4v) is 3.16. The predicted molar refractivity (Wildman–Crippen MR) is 69.8 cm³/mol. The monoisotopic (exact) mass is 295 g/mol. The molecular weight excluding hydrogens is 280 g/mol. The zero-order chi connectivity index (χ0) is 15.1. The number of halogens is 2. The van der Waals surface area contributed by atoms with E-state index in [1.165, 1.54) is 24.5 Å². The smallest absolute Gasteiger partial charge is 0.266 e. The normalized spacial score (nSPS) is 27.7. The molecule has 21 heavy (non-hydrogen) atoms. The third-order valence-electron chi connectivity index (χ3n) is 4.10. The minimum Gasteiger partial charge on any atom is -0.356 e. The van der Waals surface area contributed by atoms with Gasteiger partial charge in [0.05, 0.1) is 12.0 Å². The standard InChI is InChI=1S/C14H15F2N3O2/c15-14(16)7-13(3-6-18-12(13)21)8-19(9-14)11(20)10-1-4-17-5-2-10/h1-2,4-5H,3,6-9H2,(H,18,21)/t13-/m1/s1. The van der Waals surface area contributed by atoms with Gasteiger partial charge in [-0.15, -0.1) is 0 Å². The number of carbonyl (C=O) groups excluding carboxylic acids is 2. The fraction of sp³-hybridized carbons (Fsp3) is 0.500. The number of alkyl halides is 2. The third-order valence-corrected chi connectivity index (χ3v) is 4.10. The first-order valence-corrected chi connectivity index (χ1v) is 6.77. The second-order valence-corrected chi connectivity index (χ2v) is 5.72. The van der Waals surface area contributed by atoms with Crippen LogP contribution in [-0.4, -0.2) is 47.3 Å². The van der Waals surface area contributed by atoms with Crippen molar-refractivity contribution in [2.45, 2.75) is 18.8 Å². The molecule has 0 bridgehead atoms. The van der Waals surface area contributed by atoms with E-state index in [0.717, 1.165) is 4.90 Å². The maximum absolute atomic E-state index is 14.0. The maximum Gasteiger partial charge on any atom is 0.266 e. The van der Waals surface area contributed by atoms with Crippen molar-refractivity contribution in [2.75, 3.05) is 19.6 Å². The Morgan fingerprint density at radius 3 is 2.62 bits per heavy atom. The van der Waals surface area contributed by atoms with Gasteiger partial charge in [0.1, 0.15) is 0 Å². The minimum atomic E-state index is -3.05. The van der Waals surface area contributed by atoms with Crippen LogP contribution in [0.2, 0.25) is 0 Å². The molecule has 1 N–H and O–H groups in total. The van der Waals surface area contributed by atoms with Gasteiger partial charge in [0, 0.05) is 37.5 Å². The molecule has 7 heteroatoms. The number of pyridine rings is 1. The van der Waals surface area contributed by atoms with Crippen molar-refractivity contribution in [2.24, 2.45) is 5.41 Å². The number of nitrogens with zero attached hydrogens (tertiary/aromatic N) is 2.